The molecule has 0 unspecified atom stereocenters. The molecule has 1 aromatic heterocycles. The van der Waals surface area contributed by atoms with Crippen LogP contribution >= 0.6 is 0 Å². The Morgan fingerprint density at radius 3 is 2.57 bits per heavy atom. The van der Waals surface area contributed by atoms with Gasteiger partial charge in [0.15, 0.2) is 0 Å². The molecule has 1 aromatic rings. The normalized spacial score (nSPS) is 10.1. The van der Waals surface area contributed by atoms with Crippen molar-refractivity contribution in [2.45, 2.75) is 19.8 Å². The maximum absolute atomic E-state index is 8.90. The fraction of sp³-hybridized carbons (Fsp3) is 0.600. The van der Waals surface area contributed by atoms with Crippen molar-refractivity contribution in [3.05, 3.63) is 18.5 Å². The average molecular weight is 195 g/mol. The Bertz CT molecular complexity index is 240. The van der Waals surface area contributed by atoms with Gasteiger partial charge in [0.25, 0.3) is 0 Å². The Kier molecular flexibility index (Phi) is 4.93. The van der Waals surface area contributed by atoms with Gasteiger partial charge in [-0.2, -0.15) is 0 Å². The Hall–Kier alpha value is -1.16. The molecule has 1 heterocycles. The first-order valence-corrected chi connectivity index (χ1v) is 5.01. The van der Waals surface area contributed by atoms with Crippen molar-refractivity contribution in [1.82, 2.24) is 9.97 Å². The highest BCUT2D eigenvalue weighted by atomic mass is 16.3. The van der Waals surface area contributed by atoms with Crippen LogP contribution in [0.5, 0.6) is 0 Å². The van der Waals surface area contributed by atoms with Gasteiger partial charge in [-0.15, -0.1) is 0 Å². The van der Waals surface area contributed by atoms with Crippen LogP contribution in [0.4, 0.5) is 5.95 Å². The van der Waals surface area contributed by atoms with Crippen LogP contribution in [0.3, 0.4) is 0 Å². The van der Waals surface area contributed by atoms with Gasteiger partial charge in [0.1, 0.15) is 0 Å². The molecule has 14 heavy (non-hydrogen) atoms. The molecule has 0 bridgehead atoms. The summed E-state index contributed by atoms with van der Waals surface area (Å²) in [5.74, 6) is 0.704. The minimum Gasteiger partial charge on any atom is -0.395 e. The molecular formula is C10H17N3O. The molecule has 78 valence electrons. The summed E-state index contributed by atoms with van der Waals surface area (Å²) < 4.78 is 0. The minimum atomic E-state index is 0.141. The standard InChI is InChI=1S/C10H17N3O/c1-2-3-7-13(8-9-14)10-11-5-4-6-12-10/h4-6,14H,2-3,7-9H2,1H3. The zero-order chi connectivity index (χ0) is 10.2. The number of aliphatic hydroxyl groups excluding tert-OH is 1. The van der Waals surface area contributed by atoms with E-state index in [2.05, 4.69) is 16.9 Å². The molecule has 0 aliphatic carbocycles. The number of aromatic nitrogens is 2. The highest BCUT2D eigenvalue weighted by Crippen LogP contribution is 2.05. The second-order valence-electron chi connectivity index (χ2n) is 3.11. The van der Waals surface area contributed by atoms with E-state index < -0.39 is 0 Å². The molecule has 0 fully saturated rings. The third-order valence-corrected chi connectivity index (χ3v) is 1.99. The largest absolute Gasteiger partial charge is 0.395 e. The lowest BCUT2D eigenvalue weighted by Crippen LogP contribution is -2.29. The van der Waals surface area contributed by atoms with Gasteiger partial charge in [0, 0.05) is 25.5 Å². The monoisotopic (exact) mass is 195 g/mol. The molecule has 0 aliphatic heterocycles. The molecule has 0 radical (unpaired) electrons. The molecule has 0 atom stereocenters. The molecule has 4 nitrogen and oxygen atoms in total. The van der Waals surface area contributed by atoms with E-state index in [1.54, 1.807) is 18.5 Å². The second kappa shape index (κ2) is 6.32. The number of aliphatic hydroxyl groups is 1. The molecular weight excluding hydrogens is 178 g/mol. The second-order valence-corrected chi connectivity index (χ2v) is 3.11. The van der Waals surface area contributed by atoms with Crippen LogP contribution in [0.2, 0.25) is 0 Å². The van der Waals surface area contributed by atoms with Crippen molar-refractivity contribution in [1.29, 1.82) is 0 Å². The first-order valence-electron chi connectivity index (χ1n) is 5.01. The maximum atomic E-state index is 8.90. The van der Waals surface area contributed by atoms with E-state index in [1.807, 2.05) is 4.90 Å². The highest BCUT2D eigenvalue weighted by molar-refractivity contribution is 5.27. The van der Waals surface area contributed by atoms with E-state index in [4.69, 9.17) is 5.11 Å². The molecule has 4 heteroatoms. The smallest absolute Gasteiger partial charge is 0.225 e. The zero-order valence-electron chi connectivity index (χ0n) is 8.56. The first kappa shape index (κ1) is 10.9. The third-order valence-electron chi connectivity index (χ3n) is 1.99. The Labute approximate surface area is 84.6 Å². The SMILES string of the molecule is CCCCN(CCO)c1ncccn1. The molecule has 1 rings (SSSR count). The summed E-state index contributed by atoms with van der Waals surface area (Å²) in [6, 6.07) is 1.79. The predicted octanol–water partition coefficient (Wildman–Crippen LogP) is 1.08. The summed E-state index contributed by atoms with van der Waals surface area (Å²) in [5, 5.41) is 8.90. The molecule has 0 saturated heterocycles. The topological polar surface area (TPSA) is 49.2 Å². The lowest BCUT2D eigenvalue weighted by molar-refractivity contribution is 0.301. The fourth-order valence-corrected chi connectivity index (χ4v) is 1.24. The number of nitrogens with zero attached hydrogens (tertiary/aromatic N) is 3. The van der Waals surface area contributed by atoms with E-state index in [9.17, 15) is 0 Å². The number of anilines is 1. The summed E-state index contributed by atoms with van der Waals surface area (Å²) in [6.07, 6.45) is 5.67. The summed E-state index contributed by atoms with van der Waals surface area (Å²) in [4.78, 5) is 10.3. The van der Waals surface area contributed by atoms with Gasteiger partial charge in [0.2, 0.25) is 5.95 Å². The van der Waals surface area contributed by atoms with Crippen molar-refractivity contribution in [3.63, 3.8) is 0 Å². The third kappa shape index (κ3) is 3.30. The minimum absolute atomic E-state index is 0.141. The Morgan fingerprint density at radius 1 is 1.29 bits per heavy atom. The van der Waals surface area contributed by atoms with E-state index in [-0.39, 0.29) is 6.61 Å². The van der Waals surface area contributed by atoms with Gasteiger partial charge < -0.3 is 10.0 Å². The lowest BCUT2D eigenvalue weighted by Gasteiger charge is -2.20. The summed E-state index contributed by atoms with van der Waals surface area (Å²) >= 11 is 0. The lowest BCUT2D eigenvalue weighted by atomic mass is 10.3. The van der Waals surface area contributed by atoms with Gasteiger partial charge in [-0.05, 0) is 12.5 Å². The molecule has 0 saturated carbocycles. The zero-order valence-corrected chi connectivity index (χ0v) is 8.56. The van der Waals surface area contributed by atoms with Gasteiger partial charge in [-0.25, -0.2) is 9.97 Å². The molecule has 0 aliphatic rings. The maximum Gasteiger partial charge on any atom is 0.225 e. The van der Waals surface area contributed by atoms with Crippen LogP contribution in [0.1, 0.15) is 19.8 Å². The fourth-order valence-electron chi connectivity index (χ4n) is 1.24. The van der Waals surface area contributed by atoms with Gasteiger partial charge in [0.05, 0.1) is 6.61 Å². The molecule has 0 spiro atoms. The van der Waals surface area contributed by atoms with E-state index >= 15 is 0 Å². The highest BCUT2D eigenvalue weighted by Gasteiger charge is 2.06. The summed E-state index contributed by atoms with van der Waals surface area (Å²) in [6.45, 7) is 3.79. The molecule has 0 aromatic carbocycles. The summed E-state index contributed by atoms with van der Waals surface area (Å²) in [7, 11) is 0. The van der Waals surface area contributed by atoms with E-state index in [0.717, 1.165) is 19.4 Å². The van der Waals surface area contributed by atoms with E-state index in [0.29, 0.717) is 12.5 Å². The predicted molar refractivity (Wildman–Crippen MR) is 56.2 cm³/mol. The van der Waals surface area contributed by atoms with Gasteiger partial charge in [-0.3, -0.25) is 0 Å². The van der Waals surface area contributed by atoms with Gasteiger partial charge >= 0.3 is 0 Å². The van der Waals surface area contributed by atoms with Crippen LogP contribution in [0.15, 0.2) is 18.5 Å². The molecule has 0 amide bonds. The average Bonchev–Trinajstić information content (AvgIpc) is 2.25. The first-order chi connectivity index (χ1) is 6.88. The van der Waals surface area contributed by atoms with E-state index in [1.165, 1.54) is 0 Å². The van der Waals surface area contributed by atoms with Crippen LogP contribution in [-0.4, -0.2) is 34.8 Å². The van der Waals surface area contributed by atoms with Crippen molar-refractivity contribution in [2.24, 2.45) is 0 Å². The van der Waals surface area contributed by atoms with Crippen molar-refractivity contribution in [3.8, 4) is 0 Å². The number of unbranched alkanes of at least 4 members (excludes halogenated alkanes) is 1. The molecule has 1 N–H and O–H groups in total. The summed E-state index contributed by atoms with van der Waals surface area (Å²) in [5.41, 5.74) is 0. The van der Waals surface area contributed by atoms with Crippen LogP contribution in [0.25, 0.3) is 0 Å². The van der Waals surface area contributed by atoms with Crippen LogP contribution in [0, 0.1) is 0 Å². The number of hydrogen-bond donors (Lipinski definition) is 1. The van der Waals surface area contributed by atoms with Crippen molar-refractivity contribution < 1.29 is 5.11 Å². The van der Waals surface area contributed by atoms with Crippen molar-refractivity contribution >= 4 is 5.95 Å². The van der Waals surface area contributed by atoms with Crippen molar-refractivity contribution in [2.75, 3.05) is 24.6 Å². The number of hydrogen-bond acceptors (Lipinski definition) is 4. The van der Waals surface area contributed by atoms with Crippen LogP contribution < -0.4 is 4.90 Å². The number of rotatable bonds is 6. The quantitative estimate of drug-likeness (QED) is 0.737. The Balaban J connectivity index is 2.58. The van der Waals surface area contributed by atoms with Crippen LogP contribution in [-0.2, 0) is 0 Å². The van der Waals surface area contributed by atoms with Gasteiger partial charge in [-0.1, -0.05) is 13.3 Å². The Morgan fingerprint density at radius 2 is 2.00 bits per heavy atom.